The average Bonchev–Trinajstić information content (AvgIpc) is 2.93. The number of ether oxygens (including phenoxy) is 1. The normalized spacial score (nSPS) is 13.8. The smallest absolute Gasteiger partial charge is 0.328 e. The molecule has 162 valence electrons. The number of benzene rings is 2. The van der Waals surface area contributed by atoms with Crippen molar-refractivity contribution < 1.29 is 14.3 Å². The van der Waals surface area contributed by atoms with Crippen molar-refractivity contribution in [3.63, 3.8) is 0 Å². The Labute approximate surface area is 180 Å². The van der Waals surface area contributed by atoms with Crippen LogP contribution in [0.3, 0.4) is 0 Å². The van der Waals surface area contributed by atoms with Gasteiger partial charge < -0.3 is 10.1 Å². The second-order valence-corrected chi connectivity index (χ2v) is 8.85. The van der Waals surface area contributed by atoms with E-state index in [-0.39, 0.29) is 36.1 Å². The molecule has 1 aliphatic heterocycles. The van der Waals surface area contributed by atoms with Crippen molar-refractivity contribution in [1.29, 1.82) is 0 Å². The van der Waals surface area contributed by atoms with E-state index in [4.69, 9.17) is 4.74 Å². The molecule has 3 aromatic rings. The van der Waals surface area contributed by atoms with Gasteiger partial charge in [0.25, 0.3) is 5.91 Å². The highest BCUT2D eigenvalue weighted by molar-refractivity contribution is 6.05. The summed E-state index contributed by atoms with van der Waals surface area (Å²) in [6.45, 7) is 6.03. The maximum atomic E-state index is 12.8. The van der Waals surface area contributed by atoms with Gasteiger partial charge in [0.1, 0.15) is 12.3 Å². The molecule has 0 fully saturated rings. The van der Waals surface area contributed by atoms with Gasteiger partial charge >= 0.3 is 5.69 Å². The third kappa shape index (κ3) is 3.69. The minimum atomic E-state index is -0.331. The summed E-state index contributed by atoms with van der Waals surface area (Å²) in [4.78, 5) is 38.9. The molecule has 8 nitrogen and oxygen atoms in total. The molecule has 1 aliphatic rings. The molecule has 1 N–H and O–H groups in total. The monoisotopic (exact) mass is 422 g/mol. The Bertz CT molecular complexity index is 1260. The highest BCUT2D eigenvalue weighted by Gasteiger charge is 2.29. The van der Waals surface area contributed by atoms with E-state index < -0.39 is 0 Å². The van der Waals surface area contributed by atoms with E-state index in [1.165, 1.54) is 9.47 Å². The number of fused-ring (bicyclic) bond motifs is 2. The number of hydrogen-bond acceptors (Lipinski definition) is 4. The first-order chi connectivity index (χ1) is 14.6. The zero-order chi connectivity index (χ0) is 22.5. The number of rotatable bonds is 3. The Balaban J connectivity index is 1.59. The molecule has 0 saturated carbocycles. The molecule has 1 aromatic heterocycles. The Hall–Kier alpha value is -3.55. The van der Waals surface area contributed by atoms with Gasteiger partial charge in [-0.2, -0.15) is 0 Å². The molecule has 31 heavy (non-hydrogen) atoms. The number of carbonyl (C=O) groups is 2. The Morgan fingerprint density at radius 2 is 1.74 bits per heavy atom. The van der Waals surface area contributed by atoms with Crippen LogP contribution in [-0.4, -0.2) is 34.1 Å². The first-order valence-electron chi connectivity index (χ1n) is 10.1. The van der Waals surface area contributed by atoms with Crippen LogP contribution in [0, 0.1) is 0 Å². The quantitative estimate of drug-likeness (QED) is 0.703. The first-order valence-corrected chi connectivity index (χ1v) is 10.1. The summed E-state index contributed by atoms with van der Waals surface area (Å²) in [5, 5.41) is 2.84. The summed E-state index contributed by atoms with van der Waals surface area (Å²) in [6.07, 6.45) is 0. The van der Waals surface area contributed by atoms with Gasteiger partial charge in [0.15, 0.2) is 6.61 Å². The number of amides is 2. The number of carbonyl (C=O) groups excluding carboxylic acids is 2. The van der Waals surface area contributed by atoms with Crippen molar-refractivity contribution in [2.24, 2.45) is 14.1 Å². The molecule has 8 heteroatoms. The lowest BCUT2D eigenvalue weighted by molar-refractivity contribution is -0.123. The lowest BCUT2D eigenvalue weighted by atomic mass is 9.86. The molecule has 0 radical (unpaired) electrons. The van der Waals surface area contributed by atoms with Crippen molar-refractivity contribution in [2.75, 3.05) is 23.4 Å². The summed E-state index contributed by atoms with van der Waals surface area (Å²) in [5.74, 6) is -0.0154. The summed E-state index contributed by atoms with van der Waals surface area (Å²) >= 11 is 0. The summed E-state index contributed by atoms with van der Waals surface area (Å²) < 4.78 is 8.63. The zero-order valence-electron chi connectivity index (χ0n) is 18.4. The molecular weight excluding hydrogens is 396 g/mol. The van der Waals surface area contributed by atoms with E-state index in [9.17, 15) is 14.4 Å². The second kappa shape index (κ2) is 7.30. The molecule has 0 saturated heterocycles. The average molecular weight is 422 g/mol. The van der Waals surface area contributed by atoms with Crippen LogP contribution in [-0.2, 0) is 29.1 Å². The number of nitrogens with zero attached hydrogens (tertiary/aromatic N) is 3. The molecule has 2 aromatic carbocycles. The van der Waals surface area contributed by atoms with Gasteiger partial charge in [0.2, 0.25) is 5.91 Å². The number of hydrogen-bond donors (Lipinski definition) is 1. The lowest BCUT2D eigenvalue weighted by Gasteiger charge is -2.31. The summed E-state index contributed by atoms with van der Waals surface area (Å²) in [7, 11) is 3.39. The molecular formula is C23H26N4O4. The Morgan fingerprint density at radius 1 is 1.03 bits per heavy atom. The predicted octanol–water partition coefficient (Wildman–Crippen LogP) is 2.54. The van der Waals surface area contributed by atoms with Gasteiger partial charge in [-0.05, 0) is 41.3 Å². The molecule has 4 rings (SSSR count). The summed E-state index contributed by atoms with van der Waals surface area (Å²) in [6, 6.07) is 11.0. The van der Waals surface area contributed by atoms with Gasteiger partial charge in [-0.1, -0.05) is 26.8 Å². The molecule has 2 heterocycles. The van der Waals surface area contributed by atoms with Crippen molar-refractivity contribution >= 4 is 34.2 Å². The minimum absolute atomic E-state index is 0.104. The Morgan fingerprint density at radius 3 is 2.45 bits per heavy atom. The molecule has 0 unspecified atom stereocenters. The first kappa shape index (κ1) is 20.7. The zero-order valence-corrected chi connectivity index (χ0v) is 18.4. The van der Waals surface area contributed by atoms with Crippen LogP contribution in [0.2, 0.25) is 0 Å². The van der Waals surface area contributed by atoms with Crippen molar-refractivity contribution in [1.82, 2.24) is 9.13 Å². The molecule has 0 atom stereocenters. The predicted molar refractivity (Wildman–Crippen MR) is 120 cm³/mol. The van der Waals surface area contributed by atoms with E-state index in [0.29, 0.717) is 22.6 Å². The highest BCUT2D eigenvalue weighted by atomic mass is 16.5. The number of aromatic nitrogens is 2. The highest BCUT2D eigenvalue weighted by Crippen LogP contribution is 2.36. The van der Waals surface area contributed by atoms with Crippen molar-refractivity contribution in [3.05, 3.63) is 52.4 Å². The Kier molecular flexibility index (Phi) is 4.88. The standard InChI is InChI=1S/C23H26N4O4/c1-23(2,3)14-6-9-19-18(10-14)27(21(29)13-31-19)12-20(28)24-15-7-8-16-17(11-15)26(5)22(30)25(16)4/h6-11H,12-13H2,1-5H3,(H,24,28). The maximum absolute atomic E-state index is 12.8. The molecule has 0 bridgehead atoms. The van der Waals surface area contributed by atoms with Gasteiger partial charge in [-0.3, -0.25) is 23.6 Å². The van der Waals surface area contributed by atoms with Gasteiger partial charge in [0, 0.05) is 19.8 Å². The minimum Gasteiger partial charge on any atom is -0.482 e. The second-order valence-electron chi connectivity index (χ2n) is 8.85. The van der Waals surface area contributed by atoms with Crippen LogP contribution in [0.4, 0.5) is 11.4 Å². The third-order valence-electron chi connectivity index (χ3n) is 5.63. The van der Waals surface area contributed by atoms with Crippen LogP contribution in [0.15, 0.2) is 41.2 Å². The van der Waals surface area contributed by atoms with Crippen LogP contribution in [0.25, 0.3) is 11.0 Å². The number of nitrogens with one attached hydrogen (secondary N) is 1. The largest absolute Gasteiger partial charge is 0.482 e. The van der Waals surface area contributed by atoms with Crippen molar-refractivity contribution in [2.45, 2.75) is 26.2 Å². The van der Waals surface area contributed by atoms with Gasteiger partial charge in [-0.15, -0.1) is 0 Å². The van der Waals surface area contributed by atoms with Gasteiger partial charge in [-0.25, -0.2) is 4.79 Å². The number of imidazole rings is 1. The lowest BCUT2D eigenvalue weighted by Crippen LogP contribution is -2.43. The van der Waals surface area contributed by atoms with Crippen LogP contribution < -0.4 is 20.6 Å². The topological polar surface area (TPSA) is 85.6 Å². The van der Waals surface area contributed by atoms with Crippen LogP contribution in [0.1, 0.15) is 26.3 Å². The fourth-order valence-electron chi connectivity index (χ4n) is 3.77. The summed E-state index contributed by atoms with van der Waals surface area (Å²) in [5.41, 5.74) is 3.45. The van der Waals surface area contributed by atoms with E-state index in [1.54, 1.807) is 36.9 Å². The number of anilines is 2. The van der Waals surface area contributed by atoms with Crippen LogP contribution in [0.5, 0.6) is 5.75 Å². The van der Waals surface area contributed by atoms with Gasteiger partial charge in [0.05, 0.1) is 16.7 Å². The molecule has 0 spiro atoms. The fourth-order valence-corrected chi connectivity index (χ4v) is 3.77. The fraction of sp³-hybridized carbons (Fsp3) is 0.348. The van der Waals surface area contributed by atoms with E-state index >= 15 is 0 Å². The van der Waals surface area contributed by atoms with Crippen LogP contribution >= 0.6 is 0 Å². The van der Waals surface area contributed by atoms with Crippen molar-refractivity contribution in [3.8, 4) is 5.75 Å². The molecule has 2 amide bonds. The van der Waals surface area contributed by atoms with E-state index in [2.05, 4.69) is 26.1 Å². The maximum Gasteiger partial charge on any atom is 0.328 e. The van der Waals surface area contributed by atoms with E-state index in [0.717, 1.165) is 11.1 Å². The number of aryl methyl sites for hydroxylation is 2. The van der Waals surface area contributed by atoms with E-state index in [1.807, 2.05) is 18.2 Å². The molecule has 0 aliphatic carbocycles. The SMILES string of the molecule is Cn1c(=O)n(C)c2cc(NC(=O)CN3C(=O)COc4ccc(C(C)(C)C)cc43)ccc21. The third-order valence-corrected chi connectivity index (χ3v) is 5.63.